The number of benzene rings is 1. The Bertz CT molecular complexity index is 517. The highest BCUT2D eigenvalue weighted by atomic mass is 19.4. The van der Waals surface area contributed by atoms with Gasteiger partial charge in [0.05, 0.1) is 0 Å². The molecule has 0 bridgehead atoms. The van der Waals surface area contributed by atoms with Gasteiger partial charge in [-0.2, -0.15) is 13.2 Å². The molecule has 3 atom stereocenters. The van der Waals surface area contributed by atoms with Gasteiger partial charge >= 0.3 is 6.18 Å². The molecule has 0 fully saturated rings. The third-order valence-electron chi connectivity index (χ3n) is 4.45. The van der Waals surface area contributed by atoms with Crippen molar-refractivity contribution in [2.75, 3.05) is 7.11 Å². The monoisotopic (exact) mass is 346 g/mol. The van der Waals surface area contributed by atoms with E-state index in [9.17, 15) is 13.2 Å². The fourth-order valence-electron chi connectivity index (χ4n) is 2.46. The van der Waals surface area contributed by atoms with Crippen LogP contribution in [0.25, 0.3) is 0 Å². The lowest BCUT2D eigenvalue weighted by molar-refractivity contribution is -0.337. The van der Waals surface area contributed by atoms with Crippen LogP contribution in [0.15, 0.2) is 24.3 Å². The topological polar surface area (TPSA) is 18.5 Å². The van der Waals surface area contributed by atoms with Crippen molar-refractivity contribution in [2.24, 2.45) is 5.41 Å². The van der Waals surface area contributed by atoms with Crippen LogP contribution >= 0.6 is 0 Å². The van der Waals surface area contributed by atoms with E-state index < -0.39 is 23.5 Å². The number of alkyl halides is 3. The first-order valence-corrected chi connectivity index (χ1v) is 8.24. The van der Waals surface area contributed by atoms with Crippen LogP contribution in [0, 0.1) is 5.41 Å². The maximum absolute atomic E-state index is 13.8. The molecule has 0 radical (unpaired) electrons. The van der Waals surface area contributed by atoms with Gasteiger partial charge in [-0.05, 0) is 30.4 Å². The lowest BCUT2D eigenvalue weighted by atomic mass is 9.89. The molecule has 5 heteroatoms. The maximum atomic E-state index is 13.8. The summed E-state index contributed by atoms with van der Waals surface area (Å²) < 4.78 is 52.1. The molecule has 138 valence electrons. The predicted octanol–water partition coefficient (Wildman–Crippen LogP) is 6.01. The Balaban J connectivity index is 3.26. The molecule has 0 aliphatic carbocycles. The minimum Gasteiger partial charge on any atom is -0.355 e. The van der Waals surface area contributed by atoms with Gasteiger partial charge in [-0.15, -0.1) is 0 Å². The smallest absolute Gasteiger partial charge is 0.355 e. The van der Waals surface area contributed by atoms with Crippen LogP contribution in [-0.2, 0) is 15.1 Å². The van der Waals surface area contributed by atoms with Gasteiger partial charge in [0.1, 0.15) is 0 Å². The van der Waals surface area contributed by atoms with Crippen LogP contribution < -0.4 is 0 Å². The molecular formula is C19H29F3O2. The van der Waals surface area contributed by atoms with Crippen molar-refractivity contribution in [2.45, 2.75) is 71.9 Å². The minimum atomic E-state index is -4.56. The highest BCUT2D eigenvalue weighted by molar-refractivity contribution is 5.30. The molecule has 0 aromatic heterocycles. The quantitative estimate of drug-likeness (QED) is 0.587. The molecule has 0 aliphatic heterocycles. The van der Waals surface area contributed by atoms with Crippen molar-refractivity contribution in [1.82, 2.24) is 0 Å². The van der Waals surface area contributed by atoms with Crippen LogP contribution in [0.1, 0.15) is 65.0 Å². The van der Waals surface area contributed by atoms with E-state index in [4.69, 9.17) is 9.47 Å². The lowest BCUT2D eigenvalue weighted by Gasteiger charge is -2.39. The number of rotatable bonds is 6. The maximum Gasteiger partial charge on any atom is 0.421 e. The number of ether oxygens (including phenoxy) is 2. The Morgan fingerprint density at radius 1 is 1.00 bits per heavy atom. The molecule has 24 heavy (non-hydrogen) atoms. The summed E-state index contributed by atoms with van der Waals surface area (Å²) in [5.41, 5.74) is -1.93. The summed E-state index contributed by atoms with van der Waals surface area (Å²) in [7, 11) is 1.36. The first kappa shape index (κ1) is 21.0. The summed E-state index contributed by atoms with van der Waals surface area (Å²) in [6.07, 6.45) is -4.62. The summed E-state index contributed by atoms with van der Waals surface area (Å²) in [6, 6.07) is 6.50. The molecule has 0 heterocycles. The SMILES string of the molecule is CCC(C)c1ccc(C(C)(OC(OC)C(C)(C)C)C(F)(F)F)cc1. The Kier molecular flexibility index (Phi) is 6.50. The van der Waals surface area contributed by atoms with Gasteiger partial charge in [-0.3, -0.25) is 0 Å². The first-order valence-electron chi connectivity index (χ1n) is 8.24. The molecule has 1 aromatic carbocycles. The number of hydrogen-bond donors (Lipinski definition) is 0. The molecule has 0 saturated heterocycles. The third kappa shape index (κ3) is 4.51. The van der Waals surface area contributed by atoms with Gasteiger partial charge in [-0.25, -0.2) is 0 Å². The summed E-state index contributed by atoms with van der Waals surface area (Å²) in [6.45, 7) is 10.5. The number of methoxy groups -OCH3 is 1. The minimum absolute atomic E-state index is 0.0772. The molecule has 0 N–H and O–H groups in total. The number of hydrogen-bond acceptors (Lipinski definition) is 2. The van der Waals surface area contributed by atoms with Crippen LogP contribution in [-0.4, -0.2) is 19.6 Å². The zero-order chi connectivity index (χ0) is 18.8. The Morgan fingerprint density at radius 3 is 1.83 bits per heavy atom. The second kappa shape index (κ2) is 7.44. The third-order valence-corrected chi connectivity index (χ3v) is 4.45. The van der Waals surface area contributed by atoms with Gasteiger partial charge in [0.2, 0.25) is 0 Å². The van der Waals surface area contributed by atoms with E-state index in [1.165, 1.54) is 19.2 Å². The van der Waals surface area contributed by atoms with E-state index in [2.05, 4.69) is 6.92 Å². The van der Waals surface area contributed by atoms with Crippen LogP contribution in [0.5, 0.6) is 0 Å². The average Bonchev–Trinajstić information content (AvgIpc) is 2.49. The normalized spacial score (nSPS) is 18.1. The summed E-state index contributed by atoms with van der Waals surface area (Å²) in [5, 5.41) is 0. The highest BCUT2D eigenvalue weighted by Crippen LogP contribution is 2.45. The van der Waals surface area contributed by atoms with Crippen molar-refractivity contribution in [1.29, 1.82) is 0 Å². The molecule has 0 saturated carbocycles. The average molecular weight is 346 g/mol. The summed E-state index contributed by atoms with van der Waals surface area (Å²) >= 11 is 0. The summed E-state index contributed by atoms with van der Waals surface area (Å²) in [4.78, 5) is 0. The fourth-order valence-corrected chi connectivity index (χ4v) is 2.46. The van der Waals surface area contributed by atoms with Gasteiger partial charge in [0.15, 0.2) is 11.9 Å². The Morgan fingerprint density at radius 2 is 1.50 bits per heavy atom. The molecule has 0 spiro atoms. The molecule has 1 rings (SSSR count). The van der Waals surface area contributed by atoms with Crippen molar-refractivity contribution in [3.63, 3.8) is 0 Å². The molecule has 0 aliphatic rings. The standard InChI is InChI=1S/C19H29F3O2/c1-8-13(2)14-9-11-15(12-10-14)18(6,19(20,21)22)24-16(23-7)17(3,4)5/h9-13,16H,8H2,1-7H3. The highest BCUT2D eigenvalue weighted by Gasteiger charge is 2.56. The Hall–Kier alpha value is -1.07. The van der Waals surface area contributed by atoms with Crippen molar-refractivity contribution < 1.29 is 22.6 Å². The second-order valence-electron chi connectivity index (χ2n) is 7.51. The van der Waals surface area contributed by atoms with E-state index in [-0.39, 0.29) is 5.56 Å². The van der Waals surface area contributed by atoms with E-state index in [0.717, 1.165) is 18.9 Å². The van der Waals surface area contributed by atoms with E-state index in [0.29, 0.717) is 5.92 Å². The zero-order valence-corrected chi connectivity index (χ0v) is 15.6. The second-order valence-corrected chi connectivity index (χ2v) is 7.51. The van der Waals surface area contributed by atoms with Crippen molar-refractivity contribution in [3.8, 4) is 0 Å². The largest absolute Gasteiger partial charge is 0.421 e. The van der Waals surface area contributed by atoms with Crippen LogP contribution in [0.2, 0.25) is 0 Å². The molecular weight excluding hydrogens is 317 g/mol. The lowest BCUT2D eigenvalue weighted by Crippen LogP contribution is -2.48. The predicted molar refractivity (Wildman–Crippen MR) is 89.9 cm³/mol. The zero-order valence-electron chi connectivity index (χ0n) is 15.6. The van der Waals surface area contributed by atoms with Crippen LogP contribution in [0.3, 0.4) is 0 Å². The van der Waals surface area contributed by atoms with Crippen molar-refractivity contribution in [3.05, 3.63) is 35.4 Å². The molecule has 1 aromatic rings. The van der Waals surface area contributed by atoms with E-state index in [1.54, 1.807) is 32.9 Å². The molecule has 3 unspecified atom stereocenters. The molecule has 2 nitrogen and oxygen atoms in total. The molecule has 0 amide bonds. The number of halogens is 3. The van der Waals surface area contributed by atoms with Gasteiger partial charge in [0, 0.05) is 12.5 Å². The van der Waals surface area contributed by atoms with Crippen LogP contribution in [0.4, 0.5) is 13.2 Å². The first-order chi connectivity index (χ1) is 10.9. The van der Waals surface area contributed by atoms with Gasteiger partial charge in [-0.1, -0.05) is 58.9 Å². The van der Waals surface area contributed by atoms with E-state index >= 15 is 0 Å². The van der Waals surface area contributed by atoms with E-state index in [1.807, 2.05) is 6.92 Å². The Labute approximate surface area is 143 Å². The van der Waals surface area contributed by atoms with Gasteiger partial charge < -0.3 is 9.47 Å². The van der Waals surface area contributed by atoms with Gasteiger partial charge in [0.25, 0.3) is 0 Å². The fraction of sp³-hybridized carbons (Fsp3) is 0.684. The van der Waals surface area contributed by atoms with Crippen molar-refractivity contribution >= 4 is 0 Å². The summed E-state index contributed by atoms with van der Waals surface area (Å²) in [5.74, 6) is 0.304.